The van der Waals surface area contributed by atoms with Gasteiger partial charge in [-0.1, -0.05) is 20.8 Å². The molecule has 2 unspecified atom stereocenters. The van der Waals surface area contributed by atoms with Crippen LogP contribution in [0.25, 0.3) is 0 Å². The van der Waals surface area contributed by atoms with Crippen LogP contribution in [-0.4, -0.2) is 17.4 Å². The number of aliphatic hydroxyl groups excluding tert-OH is 1. The maximum Gasteiger partial charge on any atom is 0.107 e. The van der Waals surface area contributed by atoms with Crippen LogP contribution in [0.1, 0.15) is 34.6 Å². The zero-order valence-corrected chi connectivity index (χ0v) is 8.26. The van der Waals surface area contributed by atoms with Gasteiger partial charge < -0.3 is 5.11 Å². The number of hydrogen-bond acceptors (Lipinski definition) is 2. The molecule has 0 heterocycles. The number of rotatable bonds is 4. The normalized spacial score (nSPS) is 17.5. The van der Waals surface area contributed by atoms with Crippen LogP contribution >= 0.6 is 0 Å². The van der Waals surface area contributed by atoms with Crippen molar-refractivity contribution in [2.45, 2.75) is 46.9 Å². The summed E-state index contributed by atoms with van der Waals surface area (Å²) in [4.78, 5) is 0. The van der Waals surface area contributed by atoms with E-state index in [9.17, 15) is 5.11 Å². The second kappa shape index (κ2) is 4.73. The Morgan fingerprint density at radius 1 is 1.00 bits per heavy atom. The van der Waals surface area contributed by atoms with Gasteiger partial charge in [-0.15, -0.1) is 0 Å². The third kappa shape index (κ3) is 4.38. The quantitative estimate of drug-likeness (QED) is 0.611. The van der Waals surface area contributed by atoms with Crippen molar-refractivity contribution in [3.8, 4) is 0 Å². The number of hydrogen-bond donors (Lipinski definition) is 2. The Labute approximate surface area is 70.0 Å². The highest BCUT2D eigenvalue weighted by molar-refractivity contribution is 4.67. The van der Waals surface area contributed by atoms with Crippen LogP contribution in [0.3, 0.4) is 0 Å². The van der Waals surface area contributed by atoms with Gasteiger partial charge in [0.1, 0.15) is 6.23 Å². The van der Waals surface area contributed by atoms with E-state index < -0.39 is 0 Å². The van der Waals surface area contributed by atoms with Crippen molar-refractivity contribution in [1.29, 1.82) is 0 Å². The Morgan fingerprint density at radius 2 is 1.45 bits per heavy atom. The second-order valence-corrected chi connectivity index (χ2v) is 3.87. The fraction of sp³-hybridized carbons (Fsp3) is 1.00. The summed E-state index contributed by atoms with van der Waals surface area (Å²) in [6.07, 6.45) is -0.366. The lowest BCUT2D eigenvalue weighted by Crippen LogP contribution is -2.40. The first-order valence-electron chi connectivity index (χ1n) is 4.39. The van der Waals surface area contributed by atoms with Crippen LogP contribution in [-0.2, 0) is 0 Å². The van der Waals surface area contributed by atoms with Crippen LogP contribution < -0.4 is 5.32 Å². The van der Waals surface area contributed by atoms with Gasteiger partial charge >= 0.3 is 0 Å². The highest BCUT2D eigenvalue weighted by Crippen LogP contribution is 2.12. The molecule has 11 heavy (non-hydrogen) atoms. The van der Waals surface area contributed by atoms with E-state index in [2.05, 4.69) is 26.1 Å². The Morgan fingerprint density at radius 3 is 1.73 bits per heavy atom. The molecule has 2 N–H and O–H groups in total. The third-order valence-corrected chi connectivity index (χ3v) is 2.05. The largest absolute Gasteiger partial charge is 0.378 e. The molecule has 0 fully saturated rings. The maximum absolute atomic E-state index is 9.55. The molecule has 2 nitrogen and oxygen atoms in total. The molecule has 0 aromatic heterocycles. The Kier molecular flexibility index (Phi) is 4.69. The van der Waals surface area contributed by atoms with Crippen molar-refractivity contribution >= 4 is 0 Å². The van der Waals surface area contributed by atoms with Gasteiger partial charge in [0.15, 0.2) is 0 Å². The molecular formula is C9H21NO. The lowest BCUT2D eigenvalue weighted by molar-refractivity contribution is 0.0537. The van der Waals surface area contributed by atoms with Crippen LogP contribution in [0.5, 0.6) is 0 Å². The fourth-order valence-electron chi connectivity index (χ4n) is 0.858. The number of aliphatic hydroxyl groups is 1. The highest BCUT2D eigenvalue weighted by Gasteiger charge is 2.17. The van der Waals surface area contributed by atoms with E-state index in [1.54, 1.807) is 0 Å². The van der Waals surface area contributed by atoms with Gasteiger partial charge in [0.2, 0.25) is 0 Å². The van der Waals surface area contributed by atoms with Gasteiger partial charge in [-0.05, 0) is 25.7 Å². The van der Waals surface area contributed by atoms with Crippen molar-refractivity contribution in [2.24, 2.45) is 11.8 Å². The molecule has 0 saturated carbocycles. The van der Waals surface area contributed by atoms with E-state index in [0.29, 0.717) is 17.9 Å². The fourth-order valence-corrected chi connectivity index (χ4v) is 0.858. The molecule has 0 spiro atoms. The van der Waals surface area contributed by atoms with Gasteiger partial charge in [-0.25, -0.2) is 0 Å². The highest BCUT2D eigenvalue weighted by atomic mass is 16.3. The van der Waals surface area contributed by atoms with Crippen molar-refractivity contribution in [3.05, 3.63) is 0 Å². The van der Waals surface area contributed by atoms with Crippen LogP contribution in [0.4, 0.5) is 0 Å². The molecule has 0 amide bonds. The van der Waals surface area contributed by atoms with E-state index >= 15 is 0 Å². The zero-order valence-electron chi connectivity index (χ0n) is 8.26. The predicted octanol–water partition coefficient (Wildman–Crippen LogP) is 1.59. The standard InChI is InChI=1S/C9H21NO/c1-6(2)8(5)9(11)10-7(3)4/h6-11H,1-5H3. The average Bonchev–Trinajstić information content (AvgIpc) is 1.84. The van der Waals surface area contributed by atoms with Gasteiger partial charge in [0.25, 0.3) is 0 Å². The minimum absolute atomic E-state index is 0.317. The molecule has 0 bridgehead atoms. The molecule has 2 atom stereocenters. The lowest BCUT2D eigenvalue weighted by atomic mass is 9.96. The van der Waals surface area contributed by atoms with Gasteiger partial charge in [-0.2, -0.15) is 0 Å². The summed E-state index contributed by atoms with van der Waals surface area (Å²) < 4.78 is 0. The number of nitrogens with one attached hydrogen (secondary N) is 1. The van der Waals surface area contributed by atoms with Crippen molar-refractivity contribution in [3.63, 3.8) is 0 Å². The Hall–Kier alpha value is -0.0800. The van der Waals surface area contributed by atoms with Gasteiger partial charge in [0, 0.05) is 6.04 Å². The summed E-state index contributed by atoms with van der Waals surface area (Å²) in [5.74, 6) is 0.841. The molecule has 0 aromatic rings. The molecule has 0 aliphatic carbocycles. The topological polar surface area (TPSA) is 32.3 Å². The summed E-state index contributed by atoms with van der Waals surface area (Å²) in [7, 11) is 0. The summed E-state index contributed by atoms with van der Waals surface area (Å²) in [6.45, 7) is 10.4. The third-order valence-electron chi connectivity index (χ3n) is 2.05. The molecule has 2 heteroatoms. The second-order valence-electron chi connectivity index (χ2n) is 3.87. The lowest BCUT2D eigenvalue weighted by Gasteiger charge is -2.24. The van der Waals surface area contributed by atoms with E-state index in [4.69, 9.17) is 0 Å². The van der Waals surface area contributed by atoms with Gasteiger partial charge in [-0.3, -0.25) is 5.32 Å². The summed E-state index contributed by atoms with van der Waals surface area (Å²) in [6, 6.07) is 0.353. The Bertz CT molecular complexity index is 102. The van der Waals surface area contributed by atoms with E-state index in [-0.39, 0.29) is 6.23 Å². The smallest absolute Gasteiger partial charge is 0.107 e. The molecule has 0 aliphatic heterocycles. The zero-order chi connectivity index (χ0) is 9.02. The molecule has 0 aromatic carbocycles. The summed E-state index contributed by atoms with van der Waals surface area (Å²) >= 11 is 0. The molecule has 0 radical (unpaired) electrons. The maximum atomic E-state index is 9.55. The average molecular weight is 159 g/mol. The van der Waals surface area contributed by atoms with Crippen LogP contribution in [0.2, 0.25) is 0 Å². The first kappa shape index (κ1) is 10.9. The predicted molar refractivity (Wildman–Crippen MR) is 48.3 cm³/mol. The minimum Gasteiger partial charge on any atom is -0.378 e. The SMILES string of the molecule is CC(C)NC(O)C(C)C(C)C. The van der Waals surface area contributed by atoms with E-state index in [1.165, 1.54) is 0 Å². The van der Waals surface area contributed by atoms with Crippen molar-refractivity contribution in [1.82, 2.24) is 5.32 Å². The molecule has 0 rings (SSSR count). The Balaban J connectivity index is 3.73. The minimum atomic E-state index is -0.366. The molecule has 68 valence electrons. The van der Waals surface area contributed by atoms with E-state index in [1.807, 2.05) is 13.8 Å². The van der Waals surface area contributed by atoms with Crippen LogP contribution in [0.15, 0.2) is 0 Å². The van der Waals surface area contributed by atoms with E-state index in [0.717, 1.165) is 0 Å². The van der Waals surface area contributed by atoms with Gasteiger partial charge in [0.05, 0.1) is 0 Å². The summed E-state index contributed by atoms with van der Waals surface area (Å²) in [5.41, 5.74) is 0. The molecule has 0 saturated heterocycles. The first-order valence-corrected chi connectivity index (χ1v) is 4.39. The van der Waals surface area contributed by atoms with Crippen molar-refractivity contribution < 1.29 is 5.11 Å². The van der Waals surface area contributed by atoms with Crippen molar-refractivity contribution in [2.75, 3.05) is 0 Å². The molecule has 0 aliphatic rings. The molecular weight excluding hydrogens is 138 g/mol. The monoisotopic (exact) mass is 159 g/mol. The van der Waals surface area contributed by atoms with Crippen LogP contribution in [0, 0.1) is 11.8 Å². The first-order chi connectivity index (χ1) is 4.95. The summed E-state index contributed by atoms with van der Waals surface area (Å²) in [5, 5.41) is 12.6.